The first-order valence-electron chi connectivity index (χ1n) is 13.9. The van der Waals surface area contributed by atoms with E-state index >= 15 is 0 Å². The highest BCUT2D eigenvalue weighted by molar-refractivity contribution is 6.09. The molecule has 8 heteroatoms. The van der Waals surface area contributed by atoms with E-state index in [1.165, 1.54) is 12.8 Å². The third-order valence-electron chi connectivity index (χ3n) is 9.51. The molecule has 1 N–H and O–H groups in total. The minimum atomic E-state index is -0.843. The Hall–Kier alpha value is -2.12. The van der Waals surface area contributed by atoms with Crippen molar-refractivity contribution < 1.29 is 19.2 Å². The number of nitrogens with one attached hydrogen (secondary N) is 1. The molecule has 1 spiro atoms. The molecule has 0 aromatic heterocycles. The van der Waals surface area contributed by atoms with Crippen LogP contribution in [0.3, 0.4) is 0 Å². The zero-order chi connectivity index (χ0) is 25.2. The van der Waals surface area contributed by atoms with Gasteiger partial charge in [-0.3, -0.25) is 19.3 Å². The Kier molecular flexibility index (Phi) is 7.77. The van der Waals surface area contributed by atoms with Crippen molar-refractivity contribution in [3.63, 3.8) is 0 Å². The molecule has 8 nitrogen and oxygen atoms in total. The summed E-state index contributed by atoms with van der Waals surface area (Å²) in [5.41, 5.74) is -0.617. The second kappa shape index (κ2) is 10.5. The minimum Gasteiger partial charge on any atom is -0.342 e. The summed E-state index contributed by atoms with van der Waals surface area (Å²) in [6.07, 6.45) is 10.0. The van der Waals surface area contributed by atoms with E-state index in [2.05, 4.69) is 26.1 Å². The number of rotatable bonds is 5. The highest BCUT2D eigenvalue weighted by Crippen LogP contribution is 2.45. The lowest BCUT2D eigenvalue weighted by atomic mass is 9.65. The first kappa shape index (κ1) is 26.0. The Labute approximate surface area is 210 Å². The summed E-state index contributed by atoms with van der Waals surface area (Å²) in [7, 11) is 0. The summed E-state index contributed by atoms with van der Waals surface area (Å²) in [6.45, 7) is 9.26. The first-order valence-corrected chi connectivity index (χ1v) is 13.9. The zero-order valence-corrected chi connectivity index (χ0v) is 21.9. The van der Waals surface area contributed by atoms with Gasteiger partial charge in [-0.2, -0.15) is 0 Å². The van der Waals surface area contributed by atoms with Crippen LogP contribution < -0.4 is 5.32 Å². The molecule has 35 heavy (non-hydrogen) atoms. The molecule has 0 unspecified atom stereocenters. The summed E-state index contributed by atoms with van der Waals surface area (Å²) >= 11 is 0. The van der Waals surface area contributed by atoms with E-state index in [-0.39, 0.29) is 35.6 Å². The normalized spacial score (nSPS) is 28.9. The molecule has 4 fully saturated rings. The van der Waals surface area contributed by atoms with Crippen molar-refractivity contribution >= 4 is 23.8 Å². The second-order valence-corrected chi connectivity index (χ2v) is 11.9. The highest BCUT2D eigenvalue weighted by Gasteiger charge is 2.54. The van der Waals surface area contributed by atoms with Gasteiger partial charge in [0.05, 0.1) is 0 Å². The lowest BCUT2D eigenvalue weighted by Crippen LogP contribution is -2.51. The number of carbonyl (C=O) groups is 4. The van der Waals surface area contributed by atoms with Gasteiger partial charge in [0.25, 0.3) is 5.91 Å². The van der Waals surface area contributed by atoms with Gasteiger partial charge in [0.15, 0.2) is 0 Å². The molecular formula is C27H44N4O4. The number of carbonyl (C=O) groups excluding carboxylic acids is 4. The Morgan fingerprint density at radius 1 is 0.914 bits per heavy atom. The van der Waals surface area contributed by atoms with E-state index in [1.807, 2.05) is 4.90 Å². The molecule has 3 saturated heterocycles. The summed E-state index contributed by atoms with van der Waals surface area (Å²) in [5.74, 6) is 0.301. The van der Waals surface area contributed by atoms with Crippen molar-refractivity contribution in [3.05, 3.63) is 0 Å². The van der Waals surface area contributed by atoms with Gasteiger partial charge in [-0.25, -0.2) is 4.79 Å². The molecule has 4 rings (SSSR count). The molecule has 0 aromatic carbocycles. The molecule has 4 aliphatic rings. The van der Waals surface area contributed by atoms with Crippen LogP contribution in [0.15, 0.2) is 0 Å². The van der Waals surface area contributed by atoms with E-state index in [0.717, 1.165) is 50.1 Å². The monoisotopic (exact) mass is 488 g/mol. The second-order valence-electron chi connectivity index (χ2n) is 11.9. The highest BCUT2D eigenvalue weighted by atomic mass is 16.2. The van der Waals surface area contributed by atoms with Crippen LogP contribution >= 0.6 is 0 Å². The molecule has 0 bridgehead atoms. The number of imide groups is 1. The van der Waals surface area contributed by atoms with Crippen LogP contribution in [0.25, 0.3) is 0 Å². The fraction of sp³-hybridized carbons (Fsp3) is 0.852. The van der Waals surface area contributed by atoms with Crippen LogP contribution in [0.1, 0.15) is 91.4 Å². The standard InChI is InChI=1S/C27H44N4O4/c1-4-26(2,3)21-9-13-27(14-10-21)24(34)31(25(35)28-27)19-22(32)29-17-11-20(12-18-29)23(33)30-15-7-5-6-8-16-30/h20-21H,4-19H2,1-3H3,(H,28,35). The maximum atomic E-state index is 13.3. The largest absolute Gasteiger partial charge is 0.342 e. The molecule has 1 aliphatic carbocycles. The molecule has 0 radical (unpaired) electrons. The average Bonchev–Trinajstić information content (AvgIpc) is 3.05. The van der Waals surface area contributed by atoms with Crippen LogP contribution in [0.5, 0.6) is 0 Å². The van der Waals surface area contributed by atoms with Gasteiger partial charge in [0.1, 0.15) is 12.1 Å². The fourth-order valence-corrected chi connectivity index (χ4v) is 6.50. The molecule has 1 saturated carbocycles. The van der Waals surface area contributed by atoms with Crippen molar-refractivity contribution in [2.45, 2.75) is 96.9 Å². The number of piperidine rings is 1. The summed E-state index contributed by atoms with van der Waals surface area (Å²) < 4.78 is 0. The Morgan fingerprint density at radius 3 is 2.09 bits per heavy atom. The minimum absolute atomic E-state index is 0.0281. The summed E-state index contributed by atoms with van der Waals surface area (Å²) in [5, 5.41) is 2.95. The van der Waals surface area contributed by atoms with Crippen LogP contribution in [0.2, 0.25) is 0 Å². The van der Waals surface area contributed by atoms with Crippen molar-refractivity contribution in [3.8, 4) is 0 Å². The zero-order valence-electron chi connectivity index (χ0n) is 21.9. The van der Waals surface area contributed by atoms with Crippen LogP contribution in [-0.4, -0.2) is 76.7 Å². The lowest BCUT2D eigenvalue weighted by molar-refractivity contribution is -0.143. The number of amides is 5. The Balaban J connectivity index is 1.28. The molecular weight excluding hydrogens is 444 g/mol. The van der Waals surface area contributed by atoms with Crippen molar-refractivity contribution in [2.24, 2.45) is 17.3 Å². The van der Waals surface area contributed by atoms with E-state index in [0.29, 0.717) is 44.7 Å². The SMILES string of the molecule is CCC(C)(C)C1CCC2(CC1)NC(=O)N(CC(=O)N1CCC(C(=O)N3CCCCCC3)CC1)C2=O. The maximum absolute atomic E-state index is 13.3. The van der Waals surface area contributed by atoms with Crippen LogP contribution in [0, 0.1) is 17.3 Å². The average molecular weight is 489 g/mol. The van der Waals surface area contributed by atoms with Gasteiger partial charge in [-0.05, 0) is 62.7 Å². The topological polar surface area (TPSA) is 90.0 Å². The molecule has 0 aromatic rings. The van der Waals surface area contributed by atoms with Crippen LogP contribution in [0.4, 0.5) is 4.79 Å². The fourth-order valence-electron chi connectivity index (χ4n) is 6.50. The van der Waals surface area contributed by atoms with E-state index in [4.69, 9.17) is 0 Å². The molecule has 5 amide bonds. The lowest BCUT2D eigenvalue weighted by Gasteiger charge is -2.42. The van der Waals surface area contributed by atoms with Gasteiger partial charge in [0, 0.05) is 32.1 Å². The summed E-state index contributed by atoms with van der Waals surface area (Å²) in [4.78, 5) is 56.9. The van der Waals surface area contributed by atoms with Gasteiger partial charge in [-0.15, -0.1) is 0 Å². The number of hydrogen-bond acceptors (Lipinski definition) is 4. The number of urea groups is 1. The predicted molar refractivity (Wildman–Crippen MR) is 133 cm³/mol. The van der Waals surface area contributed by atoms with E-state index in [1.54, 1.807) is 4.90 Å². The van der Waals surface area contributed by atoms with Crippen molar-refractivity contribution in [1.82, 2.24) is 20.0 Å². The van der Waals surface area contributed by atoms with E-state index < -0.39 is 11.6 Å². The molecule has 0 atom stereocenters. The number of nitrogens with zero attached hydrogens (tertiary/aromatic N) is 3. The van der Waals surface area contributed by atoms with Gasteiger partial charge in [-0.1, -0.05) is 40.0 Å². The smallest absolute Gasteiger partial charge is 0.325 e. The Morgan fingerprint density at radius 2 is 1.51 bits per heavy atom. The molecule has 196 valence electrons. The molecule has 3 aliphatic heterocycles. The number of hydrogen-bond donors (Lipinski definition) is 1. The summed E-state index contributed by atoms with van der Waals surface area (Å²) in [6, 6.07) is -0.442. The Bertz CT molecular complexity index is 817. The predicted octanol–water partition coefficient (Wildman–Crippen LogP) is 3.54. The van der Waals surface area contributed by atoms with E-state index in [9.17, 15) is 19.2 Å². The van der Waals surface area contributed by atoms with Crippen molar-refractivity contribution in [2.75, 3.05) is 32.7 Å². The third-order valence-corrected chi connectivity index (χ3v) is 9.51. The quantitative estimate of drug-likeness (QED) is 0.600. The van der Waals surface area contributed by atoms with Gasteiger partial charge < -0.3 is 15.1 Å². The maximum Gasteiger partial charge on any atom is 0.325 e. The van der Waals surface area contributed by atoms with Gasteiger partial charge >= 0.3 is 6.03 Å². The van der Waals surface area contributed by atoms with Crippen molar-refractivity contribution in [1.29, 1.82) is 0 Å². The molecule has 3 heterocycles. The van der Waals surface area contributed by atoms with Gasteiger partial charge in [0.2, 0.25) is 11.8 Å². The number of likely N-dealkylation sites (tertiary alicyclic amines) is 2. The van der Waals surface area contributed by atoms with Crippen LogP contribution in [-0.2, 0) is 14.4 Å². The third kappa shape index (κ3) is 5.36. The first-order chi connectivity index (χ1) is 16.7.